The van der Waals surface area contributed by atoms with Crippen LogP contribution in [0.25, 0.3) is 0 Å². The van der Waals surface area contributed by atoms with E-state index in [4.69, 9.17) is 40.9 Å². The van der Waals surface area contributed by atoms with Gasteiger partial charge in [0.25, 0.3) is 0 Å². The maximum Gasteiger partial charge on any atom is 4.00 e. The van der Waals surface area contributed by atoms with Gasteiger partial charge in [-0.05, 0) is 0 Å². The summed E-state index contributed by atoms with van der Waals surface area (Å²) in [6.45, 7) is 0. The van der Waals surface area contributed by atoms with Crippen molar-refractivity contribution in [3.63, 3.8) is 0 Å². The number of aliphatic hydroxyl groups is 8. The van der Waals surface area contributed by atoms with E-state index in [0.29, 0.717) is 0 Å². The van der Waals surface area contributed by atoms with Crippen molar-refractivity contribution in [2.75, 3.05) is 0 Å². The molecule has 0 bridgehead atoms. The fourth-order valence-electron chi connectivity index (χ4n) is 1.30. The molecule has 8 atom stereocenters. The van der Waals surface area contributed by atoms with Gasteiger partial charge < -0.3 is 80.5 Å². The van der Waals surface area contributed by atoms with Gasteiger partial charge in [-0.2, -0.15) is 0 Å². The third-order valence-corrected chi connectivity index (χ3v) is 2.96. The van der Waals surface area contributed by atoms with Crippen molar-refractivity contribution in [2.24, 2.45) is 0 Å². The molecule has 8 N–H and O–H groups in total. The minimum atomic E-state index is -2.50. The van der Waals surface area contributed by atoms with Crippen molar-refractivity contribution in [1.82, 2.24) is 0 Å². The first-order valence-electron chi connectivity index (χ1n) is 6.85. The van der Waals surface area contributed by atoms with Crippen LogP contribution >= 0.6 is 0 Å². The first-order chi connectivity index (χ1) is 12.6. The standard InChI is InChI=1S/2C6H10O8.Zr/c2*7-1(3(9)5(11)12)2(8)4(10)6(13)14;/h2*1-4,7-10H,(H,11,12)(H,13,14);/q;;+4/p-4/t2*1-,2-,3-,4+;/m00./s1. The quantitative estimate of drug-likeness (QED) is 0.136. The SMILES string of the molecule is O=C([O-])[C@@H](O)[C@@H](O)[C@H](O)[C@@H](O)C(=O)[O-].O=C([O-])[C@@H](O)[C@@H](O)[C@H](O)[C@@H](O)C(=O)[O-].[Zr+4]. The number of aliphatic hydroxyl groups excluding tert-OH is 8. The number of carboxylic acids is 4. The Morgan fingerprint density at radius 2 is 0.517 bits per heavy atom. The Labute approximate surface area is 179 Å². The summed E-state index contributed by atoms with van der Waals surface area (Å²) in [5.41, 5.74) is 0. The zero-order valence-electron chi connectivity index (χ0n) is 14.0. The summed E-state index contributed by atoms with van der Waals surface area (Å²) in [5, 5.41) is 109. The van der Waals surface area contributed by atoms with E-state index in [-0.39, 0.29) is 26.2 Å². The van der Waals surface area contributed by atoms with Gasteiger partial charge in [0, 0.05) is 0 Å². The summed E-state index contributed by atoms with van der Waals surface area (Å²) in [4.78, 5) is 39.8. The number of carbonyl (C=O) groups is 4. The second kappa shape index (κ2) is 14.4. The van der Waals surface area contributed by atoms with Gasteiger partial charge in [0.1, 0.15) is 48.8 Å². The van der Waals surface area contributed by atoms with Crippen LogP contribution in [0.5, 0.6) is 0 Å². The van der Waals surface area contributed by atoms with Gasteiger partial charge in [-0.15, -0.1) is 0 Å². The first-order valence-corrected chi connectivity index (χ1v) is 6.85. The molecule has 0 heterocycles. The number of hydrogen-bond acceptors (Lipinski definition) is 16. The van der Waals surface area contributed by atoms with Crippen molar-refractivity contribution in [3.8, 4) is 0 Å². The van der Waals surface area contributed by atoms with Crippen molar-refractivity contribution < 1.29 is 107 Å². The molecule has 0 saturated carbocycles. The summed E-state index contributed by atoms with van der Waals surface area (Å²) in [5.74, 6) is -8.44. The van der Waals surface area contributed by atoms with Gasteiger partial charge in [0.05, 0.1) is 23.9 Å². The van der Waals surface area contributed by atoms with Crippen LogP contribution in [0.1, 0.15) is 0 Å². The molecule has 0 aliphatic carbocycles. The molecular formula is C12H16O16Zr. The molecule has 0 fully saturated rings. The Morgan fingerprint density at radius 1 is 0.414 bits per heavy atom. The van der Waals surface area contributed by atoms with E-state index in [1.54, 1.807) is 0 Å². The van der Waals surface area contributed by atoms with Crippen LogP contribution < -0.4 is 20.4 Å². The van der Waals surface area contributed by atoms with Crippen molar-refractivity contribution in [3.05, 3.63) is 0 Å². The second-order valence-electron chi connectivity index (χ2n) is 5.02. The van der Waals surface area contributed by atoms with E-state index >= 15 is 0 Å². The maximum atomic E-state index is 9.96. The van der Waals surface area contributed by atoms with Crippen LogP contribution in [-0.4, -0.2) is 114 Å². The predicted molar refractivity (Wildman–Crippen MR) is 68.1 cm³/mol. The Hall–Kier alpha value is -1.56. The average molecular weight is 507 g/mol. The molecule has 0 aromatic heterocycles. The summed E-state index contributed by atoms with van der Waals surface area (Å²) in [6, 6.07) is 0. The minimum Gasteiger partial charge on any atom is -0.547 e. The van der Waals surface area contributed by atoms with Crippen LogP contribution in [-0.2, 0) is 45.4 Å². The third kappa shape index (κ3) is 10.7. The summed E-state index contributed by atoms with van der Waals surface area (Å²) in [6.07, 6.45) is -19.5. The summed E-state index contributed by atoms with van der Waals surface area (Å²) < 4.78 is 0. The van der Waals surface area contributed by atoms with E-state index in [1.165, 1.54) is 0 Å². The van der Waals surface area contributed by atoms with Crippen LogP contribution in [0.15, 0.2) is 0 Å². The molecule has 0 aromatic rings. The average Bonchev–Trinajstić information content (AvgIpc) is 2.62. The smallest absolute Gasteiger partial charge is 0.547 e. The molecule has 0 spiro atoms. The third-order valence-electron chi connectivity index (χ3n) is 2.96. The van der Waals surface area contributed by atoms with Gasteiger partial charge in [-0.3, -0.25) is 0 Å². The molecule has 0 radical (unpaired) electrons. The molecule has 0 aliphatic heterocycles. The minimum absolute atomic E-state index is 0. The molecule has 0 saturated heterocycles. The van der Waals surface area contributed by atoms with Gasteiger partial charge in [0.2, 0.25) is 0 Å². The van der Waals surface area contributed by atoms with Gasteiger partial charge in [-0.25, -0.2) is 0 Å². The molecule has 29 heavy (non-hydrogen) atoms. The van der Waals surface area contributed by atoms with Crippen molar-refractivity contribution in [1.29, 1.82) is 0 Å². The first kappa shape index (κ1) is 32.1. The maximum absolute atomic E-state index is 9.96. The van der Waals surface area contributed by atoms with E-state index in [0.717, 1.165) is 0 Å². The van der Waals surface area contributed by atoms with Crippen LogP contribution in [0.2, 0.25) is 0 Å². The van der Waals surface area contributed by atoms with E-state index in [2.05, 4.69) is 0 Å². The normalized spacial score (nSPS) is 18.8. The topological polar surface area (TPSA) is 322 Å². The Kier molecular flexibility index (Phi) is 16.0. The molecule has 0 aromatic carbocycles. The van der Waals surface area contributed by atoms with Crippen LogP contribution in [0.3, 0.4) is 0 Å². The van der Waals surface area contributed by atoms with E-state index in [1.807, 2.05) is 0 Å². The molecule has 16 nitrogen and oxygen atoms in total. The number of carboxylic acid groups (broad SMARTS) is 4. The molecular weight excluding hydrogens is 491 g/mol. The molecule has 0 aliphatic rings. The summed E-state index contributed by atoms with van der Waals surface area (Å²) in [7, 11) is 0. The van der Waals surface area contributed by atoms with Crippen molar-refractivity contribution in [2.45, 2.75) is 48.8 Å². The van der Waals surface area contributed by atoms with Crippen LogP contribution in [0.4, 0.5) is 0 Å². The van der Waals surface area contributed by atoms with Crippen molar-refractivity contribution >= 4 is 23.9 Å². The van der Waals surface area contributed by atoms with E-state index in [9.17, 15) is 39.6 Å². The second-order valence-corrected chi connectivity index (χ2v) is 5.02. The molecule has 17 heteroatoms. The number of aliphatic carboxylic acids is 4. The van der Waals surface area contributed by atoms with Gasteiger partial charge in [-0.1, -0.05) is 0 Å². The monoisotopic (exact) mass is 506 g/mol. The molecule has 0 unspecified atom stereocenters. The Morgan fingerprint density at radius 3 is 0.586 bits per heavy atom. The Balaban J connectivity index is -0.000000451. The number of hydrogen-bond donors (Lipinski definition) is 8. The number of rotatable bonds is 10. The molecule has 164 valence electrons. The fraction of sp³-hybridized carbons (Fsp3) is 0.667. The van der Waals surface area contributed by atoms with E-state index < -0.39 is 72.7 Å². The molecule has 0 amide bonds. The molecule has 0 rings (SSSR count). The predicted octanol–water partition coefficient (Wildman–Crippen LogP) is -12.1. The Bertz CT molecular complexity index is 458. The van der Waals surface area contributed by atoms with Gasteiger partial charge in [0.15, 0.2) is 0 Å². The van der Waals surface area contributed by atoms with Gasteiger partial charge >= 0.3 is 26.2 Å². The number of carbonyl (C=O) groups excluding carboxylic acids is 4. The zero-order chi connectivity index (χ0) is 22.9. The zero-order valence-corrected chi connectivity index (χ0v) is 16.4. The van der Waals surface area contributed by atoms with Crippen LogP contribution in [0, 0.1) is 0 Å². The fourth-order valence-corrected chi connectivity index (χ4v) is 1.30. The largest absolute Gasteiger partial charge is 4.00 e. The summed E-state index contributed by atoms with van der Waals surface area (Å²) >= 11 is 0.